The van der Waals surface area contributed by atoms with E-state index in [1.54, 1.807) is 0 Å². The first kappa shape index (κ1) is 16.9. The molecule has 0 atom stereocenters. The molecule has 0 aliphatic rings. The third-order valence-corrected chi connectivity index (χ3v) is 2.94. The molecule has 0 radical (unpaired) electrons. The first-order chi connectivity index (χ1) is 9.56. The van der Waals surface area contributed by atoms with E-state index in [1.165, 1.54) is 6.20 Å². The standard InChI is InChI=1S/C14H22ClN3O2/c1-4-5-7-20-8-6-16-14(19)12-11(15)9-17-13(18-12)10(2)3/h9-10H,4-8H2,1-3H3,(H,16,19). The average molecular weight is 300 g/mol. The Kier molecular flexibility index (Phi) is 7.47. The minimum absolute atomic E-state index is 0.149. The Bertz CT molecular complexity index is 438. The first-order valence-corrected chi connectivity index (χ1v) is 7.32. The van der Waals surface area contributed by atoms with Crippen molar-refractivity contribution < 1.29 is 9.53 Å². The van der Waals surface area contributed by atoms with E-state index >= 15 is 0 Å². The maximum Gasteiger partial charge on any atom is 0.271 e. The van der Waals surface area contributed by atoms with Crippen molar-refractivity contribution in [2.24, 2.45) is 0 Å². The molecule has 112 valence electrons. The van der Waals surface area contributed by atoms with E-state index in [0.29, 0.717) is 19.0 Å². The highest BCUT2D eigenvalue weighted by Gasteiger charge is 2.14. The maximum absolute atomic E-state index is 12.0. The van der Waals surface area contributed by atoms with E-state index in [1.807, 2.05) is 13.8 Å². The van der Waals surface area contributed by atoms with Crippen molar-refractivity contribution in [2.75, 3.05) is 19.8 Å². The summed E-state index contributed by atoms with van der Waals surface area (Å²) >= 11 is 5.96. The summed E-state index contributed by atoms with van der Waals surface area (Å²) in [7, 11) is 0. The van der Waals surface area contributed by atoms with Crippen molar-refractivity contribution in [1.29, 1.82) is 0 Å². The van der Waals surface area contributed by atoms with E-state index < -0.39 is 0 Å². The van der Waals surface area contributed by atoms with Gasteiger partial charge < -0.3 is 10.1 Å². The summed E-state index contributed by atoms with van der Waals surface area (Å²) in [4.78, 5) is 20.3. The fourth-order valence-electron chi connectivity index (χ4n) is 1.49. The quantitative estimate of drug-likeness (QED) is 0.750. The number of hydrogen-bond acceptors (Lipinski definition) is 4. The largest absolute Gasteiger partial charge is 0.380 e. The molecule has 1 amide bonds. The predicted octanol–water partition coefficient (Wildman–Crippen LogP) is 2.80. The predicted molar refractivity (Wildman–Crippen MR) is 79.2 cm³/mol. The second-order valence-electron chi connectivity index (χ2n) is 4.80. The van der Waals surface area contributed by atoms with Gasteiger partial charge in [0, 0.05) is 19.1 Å². The van der Waals surface area contributed by atoms with Gasteiger partial charge in [0.05, 0.1) is 17.8 Å². The van der Waals surface area contributed by atoms with Crippen LogP contribution >= 0.6 is 11.6 Å². The second-order valence-corrected chi connectivity index (χ2v) is 5.21. The summed E-state index contributed by atoms with van der Waals surface area (Å²) in [6.45, 7) is 7.69. The lowest BCUT2D eigenvalue weighted by atomic mass is 10.2. The summed E-state index contributed by atoms with van der Waals surface area (Å²) in [5.74, 6) is 0.466. The van der Waals surface area contributed by atoms with Gasteiger partial charge in [0.1, 0.15) is 11.5 Å². The number of hydrogen-bond donors (Lipinski definition) is 1. The molecule has 0 aromatic carbocycles. The number of aromatic nitrogens is 2. The number of halogens is 1. The SMILES string of the molecule is CCCCOCCNC(=O)c1nc(C(C)C)ncc1Cl. The molecule has 0 aliphatic carbocycles. The van der Waals surface area contributed by atoms with Gasteiger partial charge in [-0.3, -0.25) is 4.79 Å². The fraction of sp³-hybridized carbons (Fsp3) is 0.643. The third-order valence-electron chi connectivity index (χ3n) is 2.67. The molecule has 1 rings (SSSR count). The Balaban J connectivity index is 2.48. The number of nitrogens with zero attached hydrogens (tertiary/aromatic N) is 2. The van der Waals surface area contributed by atoms with Gasteiger partial charge in [-0.1, -0.05) is 38.8 Å². The molecular formula is C14H22ClN3O2. The van der Waals surface area contributed by atoms with Crippen molar-refractivity contribution in [3.8, 4) is 0 Å². The Morgan fingerprint density at radius 2 is 2.20 bits per heavy atom. The zero-order chi connectivity index (χ0) is 15.0. The lowest BCUT2D eigenvalue weighted by Crippen LogP contribution is -2.28. The van der Waals surface area contributed by atoms with Crippen LogP contribution in [0.25, 0.3) is 0 Å². The lowest BCUT2D eigenvalue weighted by molar-refractivity contribution is 0.0907. The van der Waals surface area contributed by atoms with Crippen LogP contribution in [-0.2, 0) is 4.74 Å². The average Bonchev–Trinajstić information content (AvgIpc) is 2.42. The van der Waals surface area contributed by atoms with Gasteiger partial charge >= 0.3 is 0 Å². The molecule has 1 aromatic heterocycles. The molecule has 0 unspecified atom stereocenters. The number of carbonyl (C=O) groups excluding carboxylic acids is 1. The van der Waals surface area contributed by atoms with Gasteiger partial charge in [-0.2, -0.15) is 0 Å². The Morgan fingerprint density at radius 3 is 2.85 bits per heavy atom. The number of ether oxygens (including phenoxy) is 1. The molecule has 0 saturated carbocycles. The van der Waals surface area contributed by atoms with Gasteiger partial charge in [-0.15, -0.1) is 0 Å². The van der Waals surface area contributed by atoms with Gasteiger partial charge in [-0.25, -0.2) is 9.97 Å². The molecule has 20 heavy (non-hydrogen) atoms. The zero-order valence-electron chi connectivity index (χ0n) is 12.3. The van der Waals surface area contributed by atoms with Crippen molar-refractivity contribution in [3.63, 3.8) is 0 Å². The lowest BCUT2D eigenvalue weighted by Gasteiger charge is -2.09. The number of nitrogens with one attached hydrogen (secondary N) is 1. The van der Waals surface area contributed by atoms with Gasteiger partial charge in [-0.05, 0) is 6.42 Å². The Labute approximate surface area is 125 Å². The van der Waals surface area contributed by atoms with Crippen LogP contribution in [0.15, 0.2) is 6.20 Å². The molecular weight excluding hydrogens is 278 g/mol. The second kappa shape index (κ2) is 8.87. The molecule has 6 heteroatoms. The molecule has 1 aromatic rings. The fourth-order valence-corrected chi connectivity index (χ4v) is 1.66. The van der Waals surface area contributed by atoms with E-state index in [0.717, 1.165) is 19.4 Å². The highest BCUT2D eigenvalue weighted by Crippen LogP contribution is 2.16. The summed E-state index contributed by atoms with van der Waals surface area (Å²) < 4.78 is 5.37. The van der Waals surface area contributed by atoms with E-state index in [2.05, 4.69) is 22.2 Å². The number of carbonyl (C=O) groups is 1. The minimum atomic E-state index is -0.293. The van der Waals surface area contributed by atoms with E-state index in [4.69, 9.17) is 16.3 Å². The summed E-state index contributed by atoms with van der Waals surface area (Å²) in [6.07, 6.45) is 3.60. The van der Waals surface area contributed by atoms with E-state index in [-0.39, 0.29) is 22.5 Å². The third kappa shape index (κ3) is 5.43. The topological polar surface area (TPSA) is 64.1 Å². The smallest absolute Gasteiger partial charge is 0.271 e. The van der Waals surface area contributed by atoms with Gasteiger partial charge in [0.2, 0.25) is 0 Å². The number of rotatable bonds is 8. The van der Waals surface area contributed by atoms with Crippen LogP contribution in [0.3, 0.4) is 0 Å². The van der Waals surface area contributed by atoms with Crippen LogP contribution in [0.4, 0.5) is 0 Å². The van der Waals surface area contributed by atoms with Crippen LogP contribution in [0.2, 0.25) is 5.02 Å². The van der Waals surface area contributed by atoms with Crippen LogP contribution < -0.4 is 5.32 Å². The van der Waals surface area contributed by atoms with Gasteiger partial charge in [0.15, 0.2) is 0 Å². The summed E-state index contributed by atoms with van der Waals surface area (Å²) in [5.41, 5.74) is 0.221. The van der Waals surface area contributed by atoms with Crippen molar-refractivity contribution in [2.45, 2.75) is 39.5 Å². The van der Waals surface area contributed by atoms with Crippen molar-refractivity contribution in [1.82, 2.24) is 15.3 Å². The summed E-state index contributed by atoms with van der Waals surface area (Å²) in [5, 5.41) is 3.01. The molecule has 1 N–H and O–H groups in total. The van der Waals surface area contributed by atoms with Crippen LogP contribution in [0.1, 0.15) is 55.8 Å². The molecule has 0 bridgehead atoms. The maximum atomic E-state index is 12.0. The van der Waals surface area contributed by atoms with Gasteiger partial charge in [0.25, 0.3) is 5.91 Å². The molecule has 0 fully saturated rings. The number of unbranched alkanes of at least 4 members (excludes halogenated alkanes) is 1. The van der Waals surface area contributed by atoms with Crippen LogP contribution in [0, 0.1) is 0 Å². The van der Waals surface area contributed by atoms with E-state index in [9.17, 15) is 4.79 Å². The van der Waals surface area contributed by atoms with Crippen LogP contribution in [0.5, 0.6) is 0 Å². The molecule has 0 aliphatic heterocycles. The zero-order valence-corrected chi connectivity index (χ0v) is 13.0. The van der Waals surface area contributed by atoms with Crippen molar-refractivity contribution >= 4 is 17.5 Å². The summed E-state index contributed by atoms with van der Waals surface area (Å²) in [6, 6.07) is 0. The highest BCUT2D eigenvalue weighted by atomic mass is 35.5. The Morgan fingerprint density at radius 1 is 1.45 bits per heavy atom. The monoisotopic (exact) mass is 299 g/mol. The minimum Gasteiger partial charge on any atom is -0.380 e. The van der Waals surface area contributed by atoms with Crippen molar-refractivity contribution in [3.05, 3.63) is 22.7 Å². The van der Waals surface area contributed by atoms with Crippen LogP contribution in [-0.4, -0.2) is 35.6 Å². The number of amides is 1. The molecule has 1 heterocycles. The Hall–Kier alpha value is -1.20. The normalized spacial score (nSPS) is 10.8. The highest BCUT2D eigenvalue weighted by molar-refractivity contribution is 6.33. The molecule has 0 spiro atoms. The molecule has 5 nitrogen and oxygen atoms in total. The molecule has 0 saturated heterocycles. The first-order valence-electron chi connectivity index (χ1n) is 6.94.